The molecular formula is C34H48FN7O4. The average Bonchev–Trinajstić information content (AvgIpc) is 3.91. The van der Waals surface area contributed by atoms with Gasteiger partial charge in [-0.3, -0.25) is 19.7 Å². The fourth-order valence-electron chi connectivity index (χ4n) is 6.94. The first kappa shape index (κ1) is 32.6. The Kier molecular flexibility index (Phi) is 9.75. The number of carbonyl (C=O) groups excluding carboxylic acids is 3. The van der Waals surface area contributed by atoms with Crippen LogP contribution in [0.3, 0.4) is 0 Å². The number of carbonyl (C=O) groups is 3. The maximum atomic E-state index is 15.7. The van der Waals surface area contributed by atoms with Crippen molar-refractivity contribution in [3.05, 3.63) is 41.0 Å². The van der Waals surface area contributed by atoms with Crippen LogP contribution in [0.2, 0.25) is 0 Å². The number of hydrogen-bond acceptors (Lipinski definition) is 8. The van der Waals surface area contributed by atoms with Crippen molar-refractivity contribution >= 4 is 23.4 Å². The van der Waals surface area contributed by atoms with Crippen LogP contribution in [-0.4, -0.2) is 82.6 Å². The van der Waals surface area contributed by atoms with Crippen molar-refractivity contribution in [1.82, 2.24) is 30.7 Å². The zero-order valence-electron chi connectivity index (χ0n) is 27.4. The number of aromatic nitrogens is 2. The molecule has 4 atom stereocenters. The molecule has 11 nitrogen and oxygen atoms in total. The van der Waals surface area contributed by atoms with E-state index in [1.165, 1.54) is 6.07 Å². The van der Waals surface area contributed by atoms with E-state index in [2.05, 4.69) is 38.1 Å². The second-order valence-electron chi connectivity index (χ2n) is 14.0. The lowest BCUT2D eigenvalue weighted by atomic mass is 9.88. The molecule has 12 heteroatoms. The van der Waals surface area contributed by atoms with Gasteiger partial charge < -0.3 is 20.4 Å². The number of halogens is 1. The minimum Gasteiger partial charge on any atom is -0.344 e. The summed E-state index contributed by atoms with van der Waals surface area (Å²) in [4.78, 5) is 44.0. The van der Waals surface area contributed by atoms with Gasteiger partial charge in [0, 0.05) is 50.5 Å². The van der Waals surface area contributed by atoms with E-state index >= 15 is 4.39 Å². The normalized spacial score (nSPS) is 22.4. The van der Waals surface area contributed by atoms with Crippen LogP contribution in [-0.2, 0) is 20.9 Å². The fourth-order valence-corrected chi connectivity index (χ4v) is 6.94. The number of piperazine rings is 1. The molecule has 0 bridgehead atoms. The van der Waals surface area contributed by atoms with Gasteiger partial charge in [0.05, 0.1) is 11.7 Å². The highest BCUT2D eigenvalue weighted by Gasteiger charge is 2.48. The molecular weight excluding hydrogens is 589 g/mol. The average molecular weight is 638 g/mol. The molecule has 2 heterocycles. The third-order valence-corrected chi connectivity index (χ3v) is 10.5. The number of nitrogens with one attached hydrogen (secondary N) is 3. The Morgan fingerprint density at radius 3 is 2.37 bits per heavy atom. The fraction of sp³-hybridized carbons (Fsp3) is 0.676. The Morgan fingerprint density at radius 1 is 1.04 bits per heavy atom. The van der Waals surface area contributed by atoms with Crippen LogP contribution >= 0.6 is 0 Å². The van der Waals surface area contributed by atoms with Gasteiger partial charge in [0.1, 0.15) is 23.2 Å². The van der Waals surface area contributed by atoms with Crippen LogP contribution in [0.4, 0.5) is 10.1 Å². The zero-order chi connectivity index (χ0) is 32.5. The van der Waals surface area contributed by atoms with Gasteiger partial charge in [-0.2, -0.15) is 0 Å². The second-order valence-corrected chi connectivity index (χ2v) is 14.0. The zero-order valence-corrected chi connectivity index (χ0v) is 27.4. The summed E-state index contributed by atoms with van der Waals surface area (Å²) in [5.41, 5.74) is 2.27. The molecule has 3 saturated carbocycles. The quantitative estimate of drug-likeness (QED) is 0.285. The van der Waals surface area contributed by atoms with Crippen molar-refractivity contribution < 1.29 is 23.4 Å². The van der Waals surface area contributed by atoms with Crippen LogP contribution in [0.15, 0.2) is 22.8 Å². The van der Waals surface area contributed by atoms with Crippen molar-refractivity contribution in [2.24, 2.45) is 17.8 Å². The summed E-state index contributed by atoms with van der Waals surface area (Å²) in [7, 11) is 2.03. The molecule has 46 heavy (non-hydrogen) atoms. The van der Waals surface area contributed by atoms with Crippen LogP contribution < -0.4 is 16.0 Å². The summed E-state index contributed by atoms with van der Waals surface area (Å²) in [6, 6.07) is 3.53. The lowest BCUT2D eigenvalue weighted by molar-refractivity contribution is -0.139. The van der Waals surface area contributed by atoms with Gasteiger partial charge in [-0.15, -0.1) is 0 Å². The molecule has 0 radical (unpaired) electrons. The Morgan fingerprint density at radius 2 is 1.76 bits per heavy atom. The lowest BCUT2D eigenvalue weighted by Gasteiger charge is -2.40. The van der Waals surface area contributed by atoms with Crippen molar-refractivity contribution in [1.29, 1.82) is 0 Å². The molecule has 3 amide bonds. The van der Waals surface area contributed by atoms with Gasteiger partial charge in [-0.25, -0.2) is 9.02 Å². The molecule has 1 aromatic carbocycles. The van der Waals surface area contributed by atoms with E-state index in [0.717, 1.165) is 56.5 Å². The van der Waals surface area contributed by atoms with E-state index < -0.39 is 23.8 Å². The summed E-state index contributed by atoms with van der Waals surface area (Å²) in [6.07, 6.45) is 6.80. The number of anilines is 1. The van der Waals surface area contributed by atoms with Gasteiger partial charge in [-0.1, -0.05) is 30.2 Å². The van der Waals surface area contributed by atoms with Gasteiger partial charge in [0.15, 0.2) is 0 Å². The summed E-state index contributed by atoms with van der Waals surface area (Å²) >= 11 is 0. The maximum Gasteiger partial charge on any atom is 0.245 e. The van der Waals surface area contributed by atoms with Gasteiger partial charge in [-0.05, 0) is 87.9 Å². The first-order valence-electron chi connectivity index (χ1n) is 17.1. The molecule has 1 aromatic heterocycles. The molecule has 1 aliphatic heterocycles. The first-order chi connectivity index (χ1) is 22.1. The Hall–Kier alpha value is -3.38. The molecule has 3 aliphatic carbocycles. The van der Waals surface area contributed by atoms with E-state index in [4.69, 9.17) is 4.63 Å². The molecule has 0 spiro atoms. The first-order valence-corrected chi connectivity index (χ1v) is 17.1. The molecule has 6 rings (SSSR count). The summed E-state index contributed by atoms with van der Waals surface area (Å²) < 4.78 is 20.7. The summed E-state index contributed by atoms with van der Waals surface area (Å²) in [6.45, 7) is 7.88. The molecule has 2 aromatic rings. The number of benzene rings is 1. The van der Waals surface area contributed by atoms with Crippen molar-refractivity contribution in [2.75, 3.05) is 32.0 Å². The third kappa shape index (κ3) is 7.43. The van der Waals surface area contributed by atoms with Gasteiger partial charge >= 0.3 is 0 Å². The largest absolute Gasteiger partial charge is 0.344 e. The Labute approximate surface area is 270 Å². The summed E-state index contributed by atoms with van der Waals surface area (Å²) in [5, 5.41) is 17.4. The second kappa shape index (κ2) is 13.8. The van der Waals surface area contributed by atoms with E-state index in [1.54, 1.807) is 24.0 Å². The minimum atomic E-state index is -0.833. The predicted molar refractivity (Wildman–Crippen MR) is 170 cm³/mol. The van der Waals surface area contributed by atoms with Crippen LogP contribution in [0.25, 0.3) is 0 Å². The van der Waals surface area contributed by atoms with Gasteiger partial charge in [0.2, 0.25) is 17.7 Å². The maximum absolute atomic E-state index is 15.7. The molecule has 4 aliphatic rings. The highest BCUT2D eigenvalue weighted by Crippen LogP contribution is 2.51. The number of nitrogens with zero attached hydrogens (tertiary/aromatic N) is 4. The number of hydrogen-bond donors (Lipinski definition) is 3. The summed E-state index contributed by atoms with van der Waals surface area (Å²) in [5.74, 6) is -0.208. The van der Waals surface area contributed by atoms with Crippen molar-refractivity contribution in [3.8, 4) is 0 Å². The molecule has 0 unspecified atom stereocenters. The SMILES string of the molecule is CCC(=O)N[C@@H](C(=O)N1CCN(C)[C@H](C)C1)[C@@H](C)c1ccc(NC(=O)[C@@H](NCc2nonc2C2CC2)C(C2CC2)C2CC2)c(F)c1. The predicted octanol–water partition coefficient (Wildman–Crippen LogP) is 3.78. The highest BCUT2D eigenvalue weighted by atomic mass is 19.1. The van der Waals surface area contributed by atoms with Crippen LogP contribution in [0, 0.1) is 23.6 Å². The Balaban J connectivity index is 1.17. The van der Waals surface area contributed by atoms with Gasteiger partial charge in [0.25, 0.3) is 0 Å². The Bertz CT molecular complexity index is 1410. The van der Waals surface area contributed by atoms with Crippen molar-refractivity contribution in [2.45, 2.75) is 102 Å². The van der Waals surface area contributed by atoms with Crippen LogP contribution in [0.5, 0.6) is 0 Å². The van der Waals surface area contributed by atoms with E-state index in [-0.39, 0.29) is 41.8 Å². The van der Waals surface area contributed by atoms with E-state index in [0.29, 0.717) is 43.0 Å². The number of likely N-dealkylation sites (N-methyl/N-ethyl adjacent to an activating group) is 1. The smallest absolute Gasteiger partial charge is 0.245 e. The standard InChI is InChI=1S/C34H48FN7O4/c1-5-28(43)38-30(34(45)42-15-14-41(4)19(2)18-42)20(3)24-12-13-26(25(35)16-24)37-33(44)32(29(21-6-7-21)22-8-9-22)36-17-27-31(23-10-11-23)40-46-39-27/h12-13,16,19-23,29-30,32,36H,5-11,14-15,17-18H2,1-4H3,(H,37,44)(H,38,43)/t19-,20+,30-,32+/m1/s1. The molecule has 250 valence electrons. The molecule has 4 fully saturated rings. The van der Waals surface area contributed by atoms with E-state index in [1.807, 2.05) is 14.0 Å². The van der Waals surface area contributed by atoms with Crippen molar-refractivity contribution in [3.63, 3.8) is 0 Å². The number of amides is 3. The van der Waals surface area contributed by atoms with E-state index in [9.17, 15) is 14.4 Å². The minimum absolute atomic E-state index is 0.0910. The number of rotatable bonds is 14. The molecule has 1 saturated heterocycles. The third-order valence-electron chi connectivity index (χ3n) is 10.5. The van der Waals surface area contributed by atoms with Crippen LogP contribution in [0.1, 0.15) is 94.5 Å². The monoisotopic (exact) mass is 637 g/mol. The lowest BCUT2D eigenvalue weighted by Crippen LogP contribution is -2.58. The molecule has 3 N–H and O–H groups in total. The highest BCUT2D eigenvalue weighted by molar-refractivity contribution is 5.95. The topological polar surface area (TPSA) is 133 Å².